The van der Waals surface area contributed by atoms with Crippen molar-refractivity contribution in [3.8, 4) is 0 Å². The van der Waals surface area contributed by atoms with Gasteiger partial charge in [-0.25, -0.2) is 0 Å². The van der Waals surface area contributed by atoms with Crippen molar-refractivity contribution in [1.29, 1.82) is 0 Å². The summed E-state index contributed by atoms with van der Waals surface area (Å²) >= 11 is 0. The van der Waals surface area contributed by atoms with Crippen LogP contribution >= 0.6 is 0 Å². The summed E-state index contributed by atoms with van der Waals surface area (Å²) in [4.78, 5) is 10.2. The first-order valence-corrected chi connectivity index (χ1v) is 5.59. The zero-order valence-electron chi connectivity index (χ0n) is 10.3. The number of aliphatic carboxylic acids is 1. The Balaban J connectivity index is 3.41. The van der Waals surface area contributed by atoms with E-state index in [4.69, 9.17) is 19.3 Å². The van der Waals surface area contributed by atoms with Gasteiger partial charge in [0, 0.05) is 6.61 Å². The molecule has 16 heavy (non-hydrogen) atoms. The van der Waals surface area contributed by atoms with E-state index < -0.39 is 5.97 Å². The molecule has 0 bridgehead atoms. The van der Waals surface area contributed by atoms with Crippen LogP contribution in [0.2, 0.25) is 0 Å². The molecule has 0 saturated carbocycles. The Labute approximate surface area is 96.7 Å². The Hall–Kier alpha value is -0.650. The molecule has 0 aromatic carbocycles. The Kier molecular flexibility index (Phi) is 9.18. The third-order valence-corrected chi connectivity index (χ3v) is 1.89. The maximum absolute atomic E-state index is 10.2. The minimum absolute atomic E-state index is 0.0266. The normalized spacial score (nSPS) is 14.7. The maximum atomic E-state index is 10.2. The molecule has 0 fully saturated rings. The average Bonchev–Trinajstić information content (AvgIpc) is 2.23. The monoisotopic (exact) mass is 234 g/mol. The van der Waals surface area contributed by atoms with Crippen LogP contribution in [0.1, 0.15) is 27.2 Å². The second-order valence-corrected chi connectivity index (χ2v) is 3.63. The quantitative estimate of drug-likeness (QED) is 0.617. The van der Waals surface area contributed by atoms with Crippen LogP contribution < -0.4 is 0 Å². The highest BCUT2D eigenvalue weighted by Gasteiger charge is 2.07. The molecule has 0 aliphatic rings. The van der Waals surface area contributed by atoms with E-state index in [1.54, 1.807) is 0 Å². The number of hydrogen-bond acceptors (Lipinski definition) is 4. The lowest BCUT2D eigenvalue weighted by atomic mass is 10.4. The van der Waals surface area contributed by atoms with Gasteiger partial charge in [0.25, 0.3) is 0 Å². The van der Waals surface area contributed by atoms with Gasteiger partial charge in [0.05, 0.1) is 38.4 Å². The van der Waals surface area contributed by atoms with Crippen LogP contribution in [0.5, 0.6) is 0 Å². The Bertz CT molecular complexity index is 183. The minimum Gasteiger partial charge on any atom is -0.481 e. The zero-order valence-corrected chi connectivity index (χ0v) is 10.3. The molecule has 96 valence electrons. The molecule has 0 aromatic heterocycles. The molecule has 0 aliphatic carbocycles. The van der Waals surface area contributed by atoms with Crippen molar-refractivity contribution in [3.63, 3.8) is 0 Å². The first-order chi connectivity index (χ1) is 7.56. The van der Waals surface area contributed by atoms with Crippen molar-refractivity contribution < 1.29 is 24.1 Å². The van der Waals surface area contributed by atoms with Crippen molar-refractivity contribution in [3.05, 3.63) is 0 Å². The van der Waals surface area contributed by atoms with E-state index in [1.165, 1.54) is 0 Å². The van der Waals surface area contributed by atoms with Crippen LogP contribution in [0, 0.1) is 0 Å². The molecule has 0 spiro atoms. The average molecular weight is 234 g/mol. The van der Waals surface area contributed by atoms with Gasteiger partial charge in [-0.3, -0.25) is 4.79 Å². The fourth-order valence-electron chi connectivity index (χ4n) is 1.03. The second-order valence-electron chi connectivity index (χ2n) is 3.63. The molecule has 0 aliphatic heterocycles. The molecule has 0 amide bonds. The second kappa shape index (κ2) is 9.57. The molecule has 0 saturated heterocycles. The van der Waals surface area contributed by atoms with E-state index in [-0.39, 0.29) is 25.2 Å². The predicted octanol–water partition coefficient (Wildman–Crippen LogP) is 1.31. The zero-order chi connectivity index (χ0) is 12.4. The molecular formula is C11H22O5. The highest BCUT2D eigenvalue weighted by Crippen LogP contribution is 1.98. The van der Waals surface area contributed by atoms with Gasteiger partial charge in [-0.15, -0.1) is 0 Å². The number of carboxylic acids is 1. The van der Waals surface area contributed by atoms with E-state index in [0.29, 0.717) is 19.8 Å². The van der Waals surface area contributed by atoms with Gasteiger partial charge in [0.1, 0.15) is 0 Å². The number of carboxylic acid groups (broad SMARTS) is 1. The lowest BCUT2D eigenvalue weighted by Crippen LogP contribution is -2.24. The summed E-state index contributed by atoms with van der Waals surface area (Å²) in [5.74, 6) is -0.849. The Morgan fingerprint density at radius 3 is 2.38 bits per heavy atom. The van der Waals surface area contributed by atoms with Gasteiger partial charge in [-0.1, -0.05) is 0 Å². The summed E-state index contributed by atoms with van der Waals surface area (Å²) in [6.07, 6.45) is -0.0346. The lowest BCUT2D eigenvalue weighted by molar-refractivity contribution is -0.139. The standard InChI is InChI=1S/C11H22O5/c1-4-14-7-9(2)16-8-10(3)15-6-5-11(12)13/h9-10H,4-8H2,1-3H3,(H,12,13). The third kappa shape index (κ3) is 9.89. The van der Waals surface area contributed by atoms with Crippen LogP contribution in [-0.4, -0.2) is 49.7 Å². The number of ether oxygens (including phenoxy) is 3. The topological polar surface area (TPSA) is 65.0 Å². The Morgan fingerprint density at radius 1 is 1.19 bits per heavy atom. The van der Waals surface area contributed by atoms with Crippen LogP contribution in [0.25, 0.3) is 0 Å². The van der Waals surface area contributed by atoms with Gasteiger partial charge in [0.15, 0.2) is 0 Å². The van der Waals surface area contributed by atoms with Crippen molar-refractivity contribution in [2.24, 2.45) is 0 Å². The van der Waals surface area contributed by atoms with E-state index in [0.717, 1.165) is 0 Å². The highest BCUT2D eigenvalue weighted by atomic mass is 16.6. The number of carbonyl (C=O) groups is 1. The van der Waals surface area contributed by atoms with Gasteiger partial charge in [-0.2, -0.15) is 0 Å². The van der Waals surface area contributed by atoms with Crippen LogP contribution in [0.4, 0.5) is 0 Å². The lowest BCUT2D eigenvalue weighted by Gasteiger charge is -2.17. The number of rotatable bonds is 10. The first kappa shape index (κ1) is 15.3. The molecule has 0 radical (unpaired) electrons. The smallest absolute Gasteiger partial charge is 0.305 e. The summed E-state index contributed by atoms with van der Waals surface area (Å²) in [6, 6.07) is 0. The van der Waals surface area contributed by atoms with Gasteiger partial charge >= 0.3 is 5.97 Å². The Morgan fingerprint density at radius 2 is 1.81 bits per heavy atom. The molecule has 2 atom stereocenters. The summed E-state index contributed by atoms with van der Waals surface area (Å²) in [5.41, 5.74) is 0. The number of hydrogen-bond donors (Lipinski definition) is 1. The summed E-state index contributed by atoms with van der Waals surface area (Å²) in [6.45, 7) is 7.64. The molecule has 0 aromatic rings. The summed E-state index contributed by atoms with van der Waals surface area (Å²) < 4.78 is 15.9. The molecule has 5 heteroatoms. The predicted molar refractivity (Wildman–Crippen MR) is 59.6 cm³/mol. The van der Waals surface area contributed by atoms with Crippen molar-refractivity contribution >= 4 is 5.97 Å². The fraction of sp³-hybridized carbons (Fsp3) is 0.909. The molecule has 2 unspecified atom stereocenters. The van der Waals surface area contributed by atoms with Crippen molar-refractivity contribution in [2.75, 3.05) is 26.4 Å². The highest BCUT2D eigenvalue weighted by molar-refractivity contribution is 5.66. The molecule has 5 nitrogen and oxygen atoms in total. The largest absolute Gasteiger partial charge is 0.481 e. The molecule has 1 N–H and O–H groups in total. The van der Waals surface area contributed by atoms with Gasteiger partial charge in [0.2, 0.25) is 0 Å². The summed E-state index contributed by atoms with van der Waals surface area (Å²) in [5, 5.41) is 8.41. The van der Waals surface area contributed by atoms with Crippen LogP contribution in [0.15, 0.2) is 0 Å². The minimum atomic E-state index is -0.849. The van der Waals surface area contributed by atoms with E-state index >= 15 is 0 Å². The van der Waals surface area contributed by atoms with Gasteiger partial charge < -0.3 is 19.3 Å². The van der Waals surface area contributed by atoms with Gasteiger partial charge in [-0.05, 0) is 20.8 Å². The van der Waals surface area contributed by atoms with Crippen LogP contribution in [-0.2, 0) is 19.0 Å². The summed E-state index contributed by atoms with van der Waals surface area (Å²) in [7, 11) is 0. The molecule has 0 heterocycles. The van der Waals surface area contributed by atoms with Crippen molar-refractivity contribution in [1.82, 2.24) is 0 Å². The van der Waals surface area contributed by atoms with E-state index in [2.05, 4.69) is 0 Å². The van der Waals surface area contributed by atoms with Crippen LogP contribution in [0.3, 0.4) is 0 Å². The SMILES string of the molecule is CCOCC(C)OCC(C)OCCC(=O)O. The third-order valence-electron chi connectivity index (χ3n) is 1.89. The fourth-order valence-corrected chi connectivity index (χ4v) is 1.03. The van der Waals surface area contributed by atoms with E-state index in [1.807, 2.05) is 20.8 Å². The molecular weight excluding hydrogens is 212 g/mol. The van der Waals surface area contributed by atoms with E-state index in [9.17, 15) is 4.79 Å². The molecule has 0 rings (SSSR count). The van der Waals surface area contributed by atoms with Crippen molar-refractivity contribution in [2.45, 2.75) is 39.4 Å². The maximum Gasteiger partial charge on any atom is 0.305 e. The first-order valence-electron chi connectivity index (χ1n) is 5.59.